The summed E-state index contributed by atoms with van der Waals surface area (Å²) < 4.78 is 26.7. The summed E-state index contributed by atoms with van der Waals surface area (Å²) in [5.41, 5.74) is 5.68. The number of pyridine rings is 1. The average Bonchev–Trinajstić information content (AvgIpc) is 3.14. The van der Waals surface area contributed by atoms with Crippen LogP contribution in [0.4, 0.5) is 5.82 Å². The van der Waals surface area contributed by atoms with E-state index in [1.165, 1.54) is 12.3 Å². The van der Waals surface area contributed by atoms with E-state index in [1.807, 2.05) is 0 Å². The van der Waals surface area contributed by atoms with Gasteiger partial charge in [0, 0.05) is 18.8 Å². The van der Waals surface area contributed by atoms with Gasteiger partial charge in [-0.15, -0.1) is 0 Å². The summed E-state index contributed by atoms with van der Waals surface area (Å²) in [7, 11) is -3.49. The van der Waals surface area contributed by atoms with E-state index >= 15 is 0 Å². The molecule has 0 spiro atoms. The molecule has 1 heterocycles. The Balaban J connectivity index is 2.30. The van der Waals surface area contributed by atoms with Gasteiger partial charge in [-0.1, -0.05) is 13.3 Å². The molecule has 0 aliphatic heterocycles. The minimum atomic E-state index is -3.49. The standard InChI is InChI=1S/C12H19N3O2S/c1-2-3-9-15(10-6-7-10)18(16,17)11-5-4-8-14-12(11)13/h4-5,8,10H,2-3,6-7,9H2,1H3,(H2,13,14). The largest absolute Gasteiger partial charge is 0.383 e. The molecule has 0 unspecified atom stereocenters. The SMILES string of the molecule is CCCCN(C1CC1)S(=O)(=O)c1cccnc1N. The molecule has 0 amide bonds. The Kier molecular flexibility index (Phi) is 3.87. The number of nitrogens with zero attached hydrogens (tertiary/aromatic N) is 2. The van der Waals surface area contributed by atoms with Crippen LogP contribution in [0.5, 0.6) is 0 Å². The first-order chi connectivity index (χ1) is 8.57. The van der Waals surface area contributed by atoms with Gasteiger partial charge in [-0.25, -0.2) is 13.4 Å². The Morgan fingerprint density at radius 3 is 2.78 bits per heavy atom. The highest BCUT2D eigenvalue weighted by atomic mass is 32.2. The molecule has 1 aliphatic rings. The van der Waals surface area contributed by atoms with Gasteiger partial charge in [0.05, 0.1) is 0 Å². The lowest BCUT2D eigenvalue weighted by atomic mass is 10.3. The van der Waals surface area contributed by atoms with E-state index in [0.29, 0.717) is 6.54 Å². The van der Waals surface area contributed by atoms with Crippen molar-refractivity contribution in [3.63, 3.8) is 0 Å². The number of nitrogens with two attached hydrogens (primary N) is 1. The Labute approximate surface area is 108 Å². The normalized spacial score (nSPS) is 16.1. The van der Waals surface area contributed by atoms with Crippen molar-refractivity contribution in [3.8, 4) is 0 Å². The predicted octanol–water partition coefficient (Wildman–Crippen LogP) is 1.62. The van der Waals surface area contributed by atoms with Gasteiger partial charge in [-0.2, -0.15) is 4.31 Å². The van der Waals surface area contributed by atoms with E-state index in [1.54, 1.807) is 10.4 Å². The maximum Gasteiger partial charge on any atom is 0.246 e. The highest BCUT2D eigenvalue weighted by molar-refractivity contribution is 7.89. The molecule has 2 N–H and O–H groups in total. The Bertz CT molecular complexity index is 512. The number of aromatic nitrogens is 1. The monoisotopic (exact) mass is 269 g/mol. The lowest BCUT2D eigenvalue weighted by molar-refractivity contribution is 0.396. The summed E-state index contributed by atoms with van der Waals surface area (Å²) in [6.07, 6.45) is 5.24. The van der Waals surface area contributed by atoms with Crippen molar-refractivity contribution in [2.75, 3.05) is 12.3 Å². The lowest BCUT2D eigenvalue weighted by Gasteiger charge is -2.22. The zero-order chi connectivity index (χ0) is 13.2. The van der Waals surface area contributed by atoms with Gasteiger partial charge in [0.25, 0.3) is 0 Å². The van der Waals surface area contributed by atoms with E-state index in [2.05, 4.69) is 11.9 Å². The van der Waals surface area contributed by atoms with Crippen molar-refractivity contribution in [1.82, 2.24) is 9.29 Å². The van der Waals surface area contributed by atoms with Crippen molar-refractivity contribution in [1.29, 1.82) is 0 Å². The minimum absolute atomic E-state index is 0.0830. The Morgan fingerprint density at radius 1 is 1.50 bits per heavy atom. The summed E-state index contributed by atoms with van der Waals surface area (Å²) in [6.45, 7) is 2.62. The van der Waals surface area contributed by atoms with Gasteiger partial charge < -0.3 is 5.73 Å². The molecule has 0 saturated heterocycles. The van der Waals surface area contributed by atoms with Crippen molar-refractivity contribution in [2.24, 2.45) is 0 Å². The maximum absolute atomic E-state index is 12.5. The van der Waals surface area contributed by atoms with Gasteiger partial charge >= 0.3 is 0 Å². The van der Waals surface area contributed by atoms with Crippen LogP contribution in [0.2, 0.25) is 0 Å². The van der Waals surface area contributed by atoms with E-state index in [-0.39, 0.29) is 16.8 Å². The van der Waals surface area contributed by atoms with Crippen LogP contribution in [-0.4, -0.2) is 30.3 Å². The minimum Gasteiger partial charge on any atom is -0.383 e. The highest BCUT2D eigenvalue weighted by Gasteiger charge is 2.38. The zero-order valence-corrected chi connectivity index (χ0v) is 11.4. The molecule has 1 aromatic rings. The van der Waals surface area contributed by atoms with Crippen LogP contribution >= 0.6 is 0 Å². The smallest absolute Gasteiger partial charge is 0.246 e. The third kappa shape index (κ3) is 2.64. The second-order valence-corrected chi connectivity index (χ2v) is 6.45. The van der Waals surface area contributed by atoms with Gasteiger partial charge in [0.1, 0.15) is 10.7 Å². The Hall–Kier alpha value is -1.14. The number of nitrogen functional groups attached to an aromatic ring is 1. The number of rotatable bonds is 6. The van der Waals surface area contributed by atoms with E-state index in [0.717, 1.165) is 25.7 Å². The third-order valence-corrected chi connectivity index (χ3v) is 5.07. The molecular weight excluding hydrogens is 250 g/mol. The second kappa shape index (κ2) is 5.24. The van der Waals surface area contributed by atoms with Crippen molar-refractivity contribution >= 4 is 15.8 Å². The van der Waals surface area contributed by atoms with Crippen LogP contribution in [0.25, 0.3) is 0 Å². The quantitative estimate of drug-likeness (QED) is 0.851. The van der Waals surface area contributed by atoms with Crippen molar-refractivity contribution < 1.29 is 8.42 Å². The number of anilines is 1. The highest BCUT2D eigenvalue weighted by Crippen LogP contribution is 2.33. The summed E-state index contributed by atoms with van der Waals surface area (Å²) in [5.74, 6) is 0.0830. The van der Waals surface area contributed by atoms with Gasteiger partial charge in [-0.05, 0) is 31.4 Å². The fraction of sp³-hybridized carbons (Fsp3) is 0.583. The number of unbranched alkanes of at least 4 members (excludes halogenated alkanes) is 1. The first kappa shape index (κ1) is 13.3. The molecule has 1 fully saturated rings. The fourth-order valence-corrected chi connectivity index (χ4v) is 3.72. The van der Waals surface area contributed by atoms with E-state index in [4.69, 9.17) is 5.73 Å². The van der Waals surface area contributed by atoms with Crippen LogP contribution in [0.1, 0.15) is 32.6 Å². The van der Waals surface area contributed by atoms with Crippen LogP contribution in [0.15, 0.2) is 23.2 Å². The van der Waals surface area contributed by atoms with E-state index < -0.39 is 10.0 Å². The summed E-state index contributed by atoms with van der Waals surface area (Å²) in [4.78, 5) is 3.99. The summed E-state index contributed by atoms with van der Waals surface area (Å²) in [5, 5.41) is 0. The van der Waals surface area contributed by atoms with E-state index in [9.17, 15) is 8.42 Å². The maximum atomic E-state index is 12.5. The first-order valence-corrected chi connectivity index (χ1v) is 7.73. The van der Waals surface area contributed by atoms with Gasteiger partial charge in [0.15, 0.2) is 0 Å². The number of sulfonamides is 1. The molecule has 1 aromatic heterocycles. The third-order valence-electron chi connectivity index (χ3n) is 3.07. The predicted molar refractivity (Wildman–Crippen MR) is 70.5 cm³/mol. The summed E-state index contributed by atoms with van der Waals surface area (Å²) in [6, 6.07) is 3.29. The molecule has 100 valence electrons. The molecule has 0 bridgehead atoms. The van der Waals surface area contributed by atoms with Gasteiger partial charge in [0.2, 0.25) is 10.0 Å². The summed E-state index contributed by atoms with van der Waals surface area (Å²) >= 11 is 0. The van der Waals surface area contributed by atoms with Gasteiger partial charge in [-0.3, -0.25) is 0 Å². The molecule has 0 atom stereocenters. The second-order valence-electron chi connectivity index (χ2n) is 4.59. The van der Waals surface area contributed by atoms with Crippen LogP contribution in [-0.2, 0) is 10.0 Å². The average molecular weight is 269 g/mol. The number of hydrogen-bond donors (Lipinski definition) is 1. The zero-order valence-electron chi connectivity index (χ0n) is 10.5. The van der Waals surface area contributed by atoms with Crippen molar-refractivity contribution in [3.05, 3.63) is 18.3 Å². The molecule has 5 nitrogen and oxygen atoms in total. The Morgan fingerprint density at radius 2 is 2.22 bits per heavy atom. The first-order valence-electron chi connectivity index (χ1n) is 6.29. The molecule has 1 saturated carbocycles. The van der Waals surface area contributed by atoms with Crippen molar-refractivity contribution in [2.45, 2.75) is 43.5 Å². The fourth-order valence-electron chi connectivity index (χ4n) is 1.92. The molecule has 0 aromatic carbocycles. The van der Waals surface area contributed by atoms with Crippen LogP contribution in [0.3, 0.4) is 0 Å². The molecule has 18 heavy (non-hydrogen) atoms. The molecular formula is C12H19N3O2S. The topological polar surface area (TPSA) is 76.3 Å². The molecule has 6 heteroatoms. The number of hydrogen-bond acceptors (Lipinski definition) is 4. The molecule has 0 radical (unpaired) electrons. The van der Waals surface area contributed by atoms with Crippen LogP contribution < -0.4 is 5.73 Å². The lowest BCUT2D eigenvalue weighted by Crippen LogP contribution is -2.34. The molecule has 1 aliphatic carbocycles. The van der Waals surface area contributed by atoms with Crippen LogP contribution in [0, 0.1) is 0 Å². The molecule has 2 rings (SSSR count).